The minimum absolute atomic E-state index is 0.0391. The quantitative estimate of drug-likeness (QED) is 0.0231. The summed E-state index contributed by atoms with van der Waals surface area (Å²) in [5.41, 5.74) is 0.0872. The van der Waals surface area contributed by atoms with Crippen molar-refractivity contribution in [3.63, 3.8) is 0 Å². The van der Waals surface area contributed by atoms with E-state index in [9.17, 15) is 42.8 Å². The van der Waals surface area contributed by atoms with Crippen LogP contribution in [-0.4, -0.2) is 115 Å². The van der Waals surface area contributed by atoms with Gasteiger partial charge in [0.2, 0.25) is 0 Å². The van der Waals surface area contributed by atoms with Crippen molar-refractivity contribution < 1.29 is 81.0 Å². The Hall–Kier alpha value is -4.16. The molecule has 0 heterocycles. The molecular formula is C26H41N3O18P2. The molecule has 0 aromatic carbocycles. The van der Waals surface area contributed by atoms with Gasteiger partial charge >= 0.3 is 51.2 Å². The van der Waals surface area contributed by atoms with E-state index in [-0.39, 0.29) is 24.2 Å². The zero-order chi connectivity index (χ0) is 37.6. The molecule has 0 saturated carbocycles. The van der Waals surface area contributed by atoms with E-state index >= 15 is 0 Å². The van der Waals surface area contributed by atoms with Crippen molar-refractivity contribution in [3.8, 4) is 0 Å². The minimum atomic E-state index is -4.69. The summed E-state index contributed by atoms with van der Waals surface area (Å²) in [5.74, 6) is -4.17. The Morgan fingerprint density at radius 2 is 1.02 bits per heavy atom. The molecule has 2 amide bonds. The number of nitroso groups, excluding NO2 is 1. The predicted molar refractivity (Wildman–Crippen MR) is 166 cm³/mol. The fourth-order valence-corrected chi connectivity index (χ4v) is 3.93. The number of rotatable bonds is 24. The van der Waals surface area contributed by atoms with E-state index in [1.807, 2.05) is 4.95 Å². The van der Waals surface area contributed by atoms with Crippen LogP contribution < -0.4 is 10.6 Å². The highest BCUT2D eigenvalue weighted by Gasteiger charge is 2.27. The van der Waals surface area contributed by atoms with Crippen molar-refractivity contribution in [2.45, 2.75) is 51.7 Å². The molecule has 0 rings (SSSR count). The molecule has 23 heteroatoms. The van der Waals surface area contributed by atoms with Crippen LogP contribution in [0.2, 0.25) is 0 Å². The first-order valence-corrected chi connectivity index (χ1v) is 17.9. The van der Waals surface area contributed by atoms with Crippen molar-refractivity contribution in [1.82, 2.24) is 10.6 Å². The molecule has 5 N–H and O–H groups in total. The van der Waals surface area contributed by atoms with Crippen LogP contribution in [-0.2, 0) is 56.7 Å². The fourth-order valence-electron chi connectivity index (χ4n) is 3.01. The number of nitrogens with one attached hydrogen (secondary N) is 2. The SMILES string of the molecule is C=C(C)C(=O)OCC(COC(=O)CP(=O)(O)O)OC(=O)NCCCCCCNC(=O)OC(COC(=O)CP(=O)(O)N=O)COC(=O)C(=C)C. The van der Waals surface area contributed by atoms with Crippen molar-refractivity contribution in [2.24, 2.45) is 4.95 Å². The summed E-state index contributed by atoms with van der Waals surface area (Å²) in [4.78, 5) is 110. The Kier molecular flexibility index (Phi) is 21.3. The van der Waals surface area contributed by atoms with Gasteiger partial charge in [-0.25, -0.2) is 19.2 Å². The average molecular weight is 746 g/mol. The second-order valence-corrected chi connectivity index (χ2v) is 13.6. The standard InChI is InChI=1S/C26H41N3O18P2/c1-17(2)23(32)44-13-19(11-42-21(30)15-48(37,38)29-36)46-25(34)27-9-7-5-6-8-10-28-26(35)47-20(14-45-24(33)18(3)4)12-43-22(31)16-49(39,40)41/h19-20H,1,3,5-16H2,2,4H3,(H,27,34)(H,28,35)(H,37,38)(H2,39,40,41). The molecule has 0 aromatic heterocycles. The number of hydrogen-bond donors (Lipinski definition) is 5. The van der Waals surface area contributed by atoms with Crippen LogP contribution in [0.4, 0.5) is 9.59 Å². The molecule has 0 aliphatic carbocycles. The molecule has 0 aromatic rings. The van der Waals surface area contributed by atoms with E-state index < -0.39 is 102 Å². The second-order valence-electron chi connectivity index (χ2n) is 10.2. The number of alkyl carbamates (subject to hydrolysis) is 2. The highest BCUT2D eigenvalue weighted by atomic mass is 31.2. The van der Waals surface area contributed by atoms with Crippen molar-refractivity contribution >= 4 is 51.2 Å². The summed E-state index contributed by atoms with van der Waals surface area (Å²) < 4.78 is 51.6. The fraction of sp³-hybridized carbons (Fsp3) is 0.615. The lowest BCUT2D eigenvalue weighted by atomic mass is 10.2. The van der Waals surface area contributed by atoms with Crippen molar-refractivity contribution in [3.05, 3.63) is 29.2 Å². The van der Waals surface area contributed by atoms with Gasteiger partial charge in [0.1, 0.15) is 38.8 Å². The molecule has 3 unspecified atom stereocenters. The third-order valence-electron chi connectivity index (χ3n) is 5.35. The molecule has 0 aliphatic rings. The molecule has 0 saturated heterocycles. The molecule has 0 fully saturated rings. The third kappa shape index (κ3) is 24.6. The van der Waals surface area contributed by atoms with Crippen LogP contribution in [0.25, 0.3) is 0 Å². The Balaban J connectivity index is 4.59. The van der Waals surface area contributed by atoms with E-state index in [2.05, 4.69) is 23.8 Å². The molecule has 49 heavy (non-hydrogen) atoms. The first-order valence-electron chi connectivity index (χ1n) is 14.3. The average Bonchev–Trinajstić information content (AvgIpc) is 2.99. The first kappa shape index (κ1) is 44.8. The summed E-state index contributed by atoms with van der Waals surface area (Å²) in [6.07, 6.45) is -4.83. The Labute approximate surface area is 280 Å². The number of unbranched alkanes of at least 4 members (excludes halogenated alkanes) is 3. The Morgan fingerprint density at radius 3 is 1.37 bits per heavy atom. The van der Waals surface area contributed by atoms with Gasteiger partial charge in [-0.15, -0.1) is 4.91 Å². The van der Waals surface area contributed by atoms with Gasteiger partial charge in [-0.1, -0.05) is 26.0 Å². The molecule has 278 valence electrons. The van der Waals surface area contributed by atoms with Gasteiger partial charge in [-0.05, 0) is 26.7 Å². The van der Waals surface area contributed by atoms with Crippen LogP contribution in [0.3, 0.4) is 0 Å². The summed E-state index contributed by atoms with van der Waals surface area (Å²) >= 11 is 0. The highest BCUT2D eigenvalue weighted by molar-refractivity contribution is 7.57. The molecule has 0 radical (unpaired) electrons. The van der Waals surface area contributed by atoms with Gasteiger partial charge in [0.05, 0.1) is 0 Å². The molecule has 0 aliphatic heterocycles. The van der Waals surface area contributed by atoms with E-state index in [0.29, 0.717) is 25.7 Å². The summed E-state index contributed by atoms with van der Waals surface area (Å²) in [6, 6.07) is 0. The summed E-state index contributed by atoms with van der Waals surface area (Å²) in [7, 11) is -9.31. The predicted octanol–water partition coefficient (Wildman–Crippen LogP) is 1.19. The number of hydrogen-bond acceptors (Lipinski definition) is 15. The minimum Gasteiger partial charge on any atom is -0.461 e. The monoisotopic (exact) mass is 745 g/mol. The number of esters is 4. The molecule has 3 atom stereocenters. The largest absolute Gasteiger partial charge is 0.461 e. The van der Waals surface area contributed by atoms with Crippen LogP contribution in [0.15, 0.2) is 29.3 Å². The Bertz CT molecular complexity index is 1300. The van der Waals surface area contributed by atoms with E-state index in [1.54, 1.807) is 0 Å². The zero-order valence-corrected chi connectivity index (χ0v) is 28.7. The first-order chi connectivity index (χ1) is 22.7. The second kappa shape index (κ2) is 23.2. The maximum atomic E-state index is 12.2. The van der Waals surface area contributed by atoms with Gasteiger partial charge in [0.25, 0.3) is 0 Å². The number of carbonyl (C=O) groups excluding carboxylic acids is 6. The van der Waals surface area contributed by atoms with E-state index in [1.165, 1.54) is 13.8 Å². The van der Waals surface area contributed by atoms with Crippen molar-refractivity contribution in [2.75, 3.05) is 51.8 Å². The molecule has 0 spiro atoms. The number of amides is 2. The number of nitrogens with zero attached hydrogens (tertiary/aromatic N) is 1. The van der Waals surface area contributed by atoms with Gasteiger partial charge in [0.15, 0.2) is 12.2 Å². The molecular weight excluding hydrogens is 704 g/mol. The summed E-state index contributed by atoms with van der Waals surface area (Å²) in [6.45, 7) is 7.40. The van der Waals surface area contributed by atoms with E-state index in [4.69, 9.17) is 43.1 Å². The highest BCUT2D eigenvalue weighted by Crippen LogP contribution is 2.41. The van der Waals surface area contributed by atoms with Crippen LogP contribution in [0, 0.1) is 4.91 Å². The smallest absolute Gasteiger partial charge is 0.407 e. The lowest BCUT2D eigenvalue weighted by molar-refractivity contribution is -0.150. The normalized spacial score (nSPS) is 13.2. The van der Waals surface area contributed by atoms with Gasteiger partial charge in [-0.3, -0.25) is 18.7 Å². The number of ether oxygens (including phenoxy) is 6. The van der Waals surface area contributed by atoms with E-state index in [0.717, 1.165) is 0 Å². The Morgan fingerprint density at radius 1 is 0.653 bits per heavy atom. The molecule has 0 bridgehead atoms. The van der Waals surface area contributed by atoms with Gasteiger partial charge in [-0.2, -0.15) is 0 Å². The summed E-state index contributed by atoms with van der Waals surface area (Å²) in [5, 5.41) is 4.88. The lowest BCUT2D eigenvalue weighted by Crippen LogP contribution is -2.36. The zero-order valence-electron chi connectivity index (χ0n) is 26.9. The van der Waals surface area contributed by atoms with Crippen molar-refractivity contribution in [1.29, 1.82) is 0 Å². The lowest BCUT2D eigenvalue weighted by Gasteiger charge is -2.18. The van der Waals surface area contributed by atoms with Gasteiger partial charge in [0, 0.05) is 29.2 Å². The van der Waals surface area contributed by atoms with Crippen LogP contribution in [0.5, 0.6) is 0 Å². The van der Waals surface area contributed by atoms with Gasteiger partial charge < -0.3 is 53.7 Å². The maximum Gasteiger partial charge on any atom is 0.407 e. The number of carbonyl (C=O) groups is 6. The topological polar surface area (TPSA) is 306 Å². The molecule has 21 nitrogen and oxygen atoms in total. The third-order valence-corrected chi connectivity index (χ3v) is 6.94. The van der Waals surface area contributed by atoms with Crippen LogP contribution >= 0.6 is 15.1 Å². The van der Waals surface area contributed by atoms with Crippen LogP contribution in [0.1, 0.15) is 39.5 Å². The maximum absolute atomic E-state index is 12.2.